The number of fused-ring (bicyclic) bond motifs is 1. The molecule has 0 aliphatic heterocycles. The summed E-state index contributed by atoms with van der Waals surface area (Å²) >= 11 is 0. The number of aromatic amines is 1. The Hall–Kier alpha value is -2.50. The largest absolute Gasteiger partial charge is 0.405 e. The van der Waals surface area contributed by atoms with E-state index < -0.39 is 0 Å². The summed E-state index contributed by atoms with van der Waals surface area (Å²) < 4.78 is 3.46. The van der Waals surface area contributed by atoms with Gasteiger partial charge in [-0.1, -0.05) is 6.07 Å². The van der Waals surface area contributed by atoms with E-state index >= 15 is 0 Å². The molecule has 0 bridgehead atoms. The summed E-state index contributed by atoms with van der Waals surface area (Å²) in [7, 11) is 1.81. The molecule has 0 unspecified atom stereocenters. The van der Waals surface area contributed by atoms with Crippen LogP contribution in [0.15, 0.2) is 41.7 Å². The van der Waals surface area contributed by atoms with Crippen LogP contribution in [0.25, 0.3) is 17.1 Å². The van der Waals surface area contributed by atoms with Gasteiger partial charge in [-0.15, -0.1) is 0 Å². The fourth-order valence-electron chi connectivity index (χ4n) is 1.67. The molecule has 0 aliphatic rings. The first-order valence-electron chi connectivity index (χ1n) is 5.14. The fourth-order valence-corrected chi connectivity index (χ4v) is 1.67. The second kappa shape index (κ2) is 3.51. The molecule has 6 nitrogen and oxygen atoms in total. The zero-order valence-electron chi connectivity index (χ0n) is 9.16. The SMILES string of the molecule is Cn1cnc2c(=O)[nH]c(-[n+]3ccccc3)nc21. The second-order valence-electron chi connectivity index (χ2n) is 3.70. The Balaban J connectivity index is 2.32. The third-order valence-electron chi connectivity index (χ3n) is 2.52. The molecule has 3 heterocycles. The fraction of sp³-hybridized carbons (Fsp3) is 0.0909. The van der Waals surface area contributed by atoms with Gasteiger partial charge in [0.1, 0.15) is 0 Å². The zero-order valence-corrected chi connectivity index (χ0v) is 9.16. The Morgan fingerprint density at radius 3 is 2.82 bits per heavy atom. The van der Waals surface area contributed by atoms with Crippen LogP contribution in [-0.4, -0.2) is 19.5 Å². The molecule has 3 aromatic rings. The van der Waals surface area contributed by atoms with Gasteiger partial charge in [0.2, 0.25) is 11.2 Å². The lowest BCUT2D eigenvalue weighted by Gasteiger charge is -1.95. The minimum Gasteiger partial charge on any atom is -0.304 e. The maximum Gasteiger partial charge on any atom is 0.405 e. The van der Waals surface area contributed by atoms with Gasteiger partial charge < -0.3 is 4.57 Å². The average molecular weight is 228 g/mol. The van der Waals surface area contributed by atoms with Crippen LogP contribution in [0.1, 0.15) is 0 Å². The van der Waals surface area contributed by atoms with Crippen molar-refractivity contribution in [2.75, 3.05) is 0 Å². The van der Waals surface area contributed by atoms with Crippen molar-refractivity contribution in [2.24, 2.45) is 7.05 Å². The summed E-state index contributed by atoms with van der Waals surface area (Å²) in [6.45, 7) is 0. The number of aryl methyl sites for hydroxylation is 1. The average Bonchev–Trinajstić information content (AvgIpc) is 2.73. The van der Waals surface area contributed by atoms with Gasteiger partial charge in [0.25, 0.3) is 0 Å². The van der Waals surface area contributed by atoms with Crippen LogP contribution in [0.2, 0.25) is 0 Å². The Labute approximate surface area is 96.2 Å². The minimum atomic E-state index is -0.234. The molecular formula is C11H10N5O+. The normalized spacial score (nSPS) is 10.9. The number of hydrogen-bond acceptors (Lipinski definition) is 3. The van der Waals surface area contributed by atoms with Crippen LogP contribution in [0.5, 0.6) is 0 Å². The summed E-state index contributed by atoms with van der Waals surface area (Å²) in [5.41, 5.74) is 0.690. The highest BCUT2D eigenvalue weighted by atomic mass is 16.1. The first kappa shape index (κ1) is 9.71. The standard InChI is InChI=1S/C11H9N5O/c1-15-7-12-8-9(15)13-11(14-10(8)17)16-5-3-2-4-6-16/h2-7H,1H3/p+1. The van der Waals surface area contributed by atoms with Crippen LogP contribution in [0.4, 0.5) is 0 Å². The summed E-state index contributed by atoms with van der Waals surface area (Å²) in [5.74, 6) is 0.478. The highest BCUT2D eigenvalue weighted by molar-refractivity contribution is 5.69. The number of aromatic nitrogens is 5. The summed E-state index contributed by atoms with van der Waals surface area (Å²) in [6.07, 6.45) is 5.22. The van der Waals surface area contributed by atoms with E-state index in [2.05, 4.69) is 15.0 Å². The molecule has 3 rings (SSSR count). The van der Waals surface area contributed by atoms with E-state index in [0.29, 0.717) is 17.1 Å². The third-order valence-corrected chi connectivity index (χ3v) is 2.52. The number of nitrogens with zero attached hydrogens (tertiary/aromatic N) is 4. The van der Waals surface area contributed by atoms with Gasteiger partial charge in [-0.2, -0.15) is 0 Å². The predicted octanol–water partition coefficient (Wildman–Crippen LogP) is -0.0667. The van der Waals surface area contributed by atoms with E-state index in [9.17, 15) is 4.79 Å². The molecule has 17 heavy (non-hydrogen) atoms. The smallest absolute Gasteiger partial charge is 0.304 e. The number of hydrogen-bond donors (Lipinski definition) is 1. The summed E-state index contributed by atoms with van der Waals surface area (Å²) in [4.78, 5) is 22.9. The van der Waals surface area contributed by atoms with Crippen molar-refractivity contribution in [2.45, 2.75) is 0 Å². The predicted molar refractivity (Wildman–Crippen MR) is 60.7 cm³/mol. The topological polar surface area (TPSA) is 67.5 Å². The van der Waals surface area contributed by atoms with Crippen molar-refractivity contribution in [1.29, 1.82) is 0 Å². The van der Waals surface area contributed by atoms with Gasteiger partial charge in [0, 0.05) is 7.05 Å². The molecule has 0 spiro atoms. The van der Waals surface area contributed by atoms with Gasteiger partial charge in [-0.3, -0.25) is 0 Å². The maximum atomic E-state index is 11.8. The highest BCUT2D eigenvalue weighted by Crippen LogP contribution is 2.02. The van der Waals surface area contributed by atoms with Gasteiger partial charge in [0.05, 0.1) is 18.7 Å². The second-order valence-corrected chi connectivity index (χ2v) is 3.70. The number of rotatable bonds is 1. The zero-order chi connectivity index (χ0) is 11.8. The summed E-state index contributed by atoms with van der Waals surface area (Å²) in [5, 5.41) is 0. The first-order chi connectivity index (χ1) is 8.25. The molecule has 0 fully saturated rings. The van der Waals surface area contributed by atoms with E-state index in [1.165, 1.54) is 0 Å². The summed E-state index contributed by atoms with van der Waals surface area (Å²) in [6, 6.07) is 5.64. The molecule has 0 aliphatic carbocycles. The van der Waals surface area contributed by atoms with Gasteiger partial charge in [0.15, 0.2) is 0 Å². The molecule has 0 amide bonds. The molecule has 3 aromatic heterocycles. The van der Waals surface area contributed by atoms with E-state index in [0.717, 1.165) is 0 Å². The van der Waals surface area contributed by atoms with Crippen LogP contribution < -0.4 is 10.1 Å². The van der Waals surface area contributed by atoms with Crippen molar-refractivity contribution in [1.82, 2.24) is 19.5 Å². The van der Waals surface area contributed by atoms with Crippen molar-refractivity contribution in [3.8, 4) is 5.95 Å². The van der Waals surface area contributed by atoms with Gasteiger partial charge in [-0.25, -0.2) is 19.3 Å². The molecule has 84 valence electrons. The van der Waals surface area contributed by atoms with Crippen LogP contribution in [0.3, 0.4) is 0 Å². The molecule has 1 N–H and O–H groups in total. The Bertz CT molecular complexity index is 728. The molecule has 0 saturated heterocycles. The monoisotopic (exact) mass is 228 g/mol. The first-order valence-corrected chi connectivity index (χ1v) is 5.14. The molecule has 6 heteroatoms. The van der Waals surface area contributed by atoms with Crippen molar-refractivity contribution >= 4 is 11.2 Å². The highest BCUT2D eigenvalue weighted by Gasteiger charge is 2.16. The van der Waals surface area contributed by atoms with Gasteiger partial charge in [-0.05, 0) is 17.1 Å². The Morgan fingerprint density at radius 1 is 1.29 bits per heavy atom. The maximum absolute atomic E-state index is 11.8. The molecular weight excluding hydrogens is 218 g/mol. The molecule has 0 atom stereocenters. The lowest BCUT2D eigenvalue weighted by atomic mass is 10.5. The number of nitrogens with one attached hydrogen (secondary N) is 1. The lowest BCUT2D eigenvalue weighted by Crippen LogP contribution is -2.34. The third kappa shape index (κ3) is 1.50. The van der Waals surface area contributed by atoms with Crippen LogP contribution in [0, 0.1) is 0 Å². The van der Waals surface area contributed by atoms with Crippen LogP contribution >= 0.6 is 0 Å². The van der Waals surface area contributed by atoms with E-state index in [1.54, 1.807) is 22.5 Å². The van der Waals surface area contributed by atoms with E-state index in [-0.39, 0.29) is 5.56 Å². The van der Waals surface area contributed by atoms with E-state index in [1.807, 2.05) is 30.6 Å². The number of imidazole rings is 1. The van der Waals surface area contributed by atoms with Gasteiger partial charge >= 0.3 is 11.5 Å². The lowest BCUT2D eigenvalue weighted by molar-refractivity contribution is -0.603. The van der Waals surface area contributed by atoms with Crippen molar-refractivity contribution in [3.63, 3.8) is 0 Å². The Kier molecular flexibility index (Phi) is 2.01. The minimum absolute atomic E-state index is 0.234. The van der Waals surface area contributed by atoms with Crippen molar-refractivity contribution in [3.05, 3.63) is 47.3 Å². The molecule has 0 aromatic carbocycles. The quantitative estimate of drug-likeness (QED) is 0.593. The molecule has 0 radical (unpaired) electrons. The number of H-pyrrole nitrogens is 1. The molecule has 0 saturated carbocycles. The number of pyridine rings is 1. The van der Waals surface area contributed by atoms with E-state index in [4.69, 9.17) is 0 Å². The Morgan fingerprint density at radius 2 is 2.06 bits per heavy atom. The van der Waals surface area contributed by atoms with Crippen LogP contribution in [-0.2, 0) is 7.05 Å². The van der Waals surface area contributed by atoms with Crippen molar-refractivity contribution < 1.29 is 4.57 Å².